The van der Waals surface area contributed by atoms with Crippen LogP contribution in [0.5, 0.6) is 0 Å². The summed E-state index contributed by atoms with van der Waals surface area (Å²) in [5.74, 6) is 0.896. The van der Waals surface area contributed by atoms with Crippen molar-refractivity contribution in [2.24, 2.45) is 5.92 Å². The van der Waals surface area contributed by atoms with Crippen LogP contribution < -0.4 is 4.90 Å². The molecule has 0 bridgehead atoms. The molecule has 1 aromatic carbocycles. The summed E-state index contributed by atoms with van der Waals surface area (Å²) in [6.45, 7) is 3.00. The van der Waals surface area contributed by atoms with Crippen LogP contribution in [0.4, 0.5) is 5.69 Å². The number of aliphatic hydroxyl groups excluding tert-OH is 1. The lowest BCUT2D eigenvalue weighted by Crippen LogP contribution is -2.46. The highest BCUT2D eigenvalue weighted by atomic mass is 79.9. The van der Waals surface area contributed by atoms with Gasteiger partial charge in [0.25, 0.3) is 0 Å². The molecule has 1 saturated heterocycles. The summed E-state index contributed by atoms with van der Waals surface area (Å²) >= 11 is 3.62. The number of aliphatic hydroxyl groups is 1. The van der Waals surface area contributed by atoms with Gasteiger partial charge in [-0.3, -0.25) is 0 Å². The number of hydrogen-bond acceptors (Lipinski definition) is 2. The molecule has 0 aromatic heterocycles. The molecule has 0 radical (unpaired) electrons. The number of anilines is 1. The van der Waals surface area contributed by atoms with E-state index in [1.54, 1.807) is 0 Å². The molecular weight excluding hydrogens is 314 g/mol. The van der Waals surface area contributed by atoms with Crippen LogP contribution in [0.3, 0.4) is 0 Å². The smallest absolute Gasteiger partial charge is 0.0772 e. The monoisotopic (exact) mass is 337 g/mol. The lowest BCUT2D eigenvalue weighted by atomic mass is 9.78. The van der Waals surface area contributed by atoms with E-state index in [2.05, 4.69) is 39.0 Å². The molecule has 3 rings (SSSR count). The fourth-order valence-electron chi connectivity index (χ4n) is 3.98. The van der Waals surface area contributed by atoms with Gasteiger partial charge in [-0.25, -0.2) is 0 Å². The van der Waals surface area contributed by atoms with Gasteiger partial charge in [0.05, 0.1) is 6.10 Å². The number of nitrogens with zero attached hydrogens (tertiary/aromatic N) is 1. The summed E-state index contributed by atoms with van der Waals surface area (Å²) in [4.78, 5) is 2.61. The Morgan fingerprint density at radius 2 is 1.95 bits per heavy atom. The zero-order chi connectivity index (χ0) is 14.1. The van der Waals surface area contributed by atoms with Crippen LogP contribution in [0.1, 0.15) is 57.1 Å². The SMILES string of the molecule is C[C@@H](O)c1ccc(N2CCC[C@H]3CCCC[C@H]32)cc1Br. The van der Waals surface area contributed by atoms with Gasteiger partial charge in [-0.05, 0) is 56.2 Å². The van der Waals surface area contributed by atoms with Crippen molar-refractivity contribution >= 4 is 21.6 Å². The molecule has 1 aliphatic heterocycles. The maximum atomic E-state index is 9.75. The van der Waals surface area contributed by atoms with Gasteiger partial charge in [-0.2, -0.15) is 0 Å². The zero-order valence-corrected chi connectivity index (χ0v) is 13.8. The van der Waals surface area contributed by atoms with E-state index >= 15 is 0 Å². The van der Waals surface area contributed by atoms with Gasteiger partial charge in [0, 0.05) is 22.7 Å². The van der Waals surface area contributed by atoms with Gasteiger partial charge in [0.1, 0.15) is 0 Å². The number of fused-ring (bicyclic) bond motifs is 1. The van der Waals surface area contributed by atoms with Crippen molar-refractivity contribution in [2.75, 3.05) is 11.4 Å². The van der Waals surface area contributed by atoms with Gasteiger partial charge < -0.3 is 10.0 Å². The second-order valence-corrected chi connectivity index (χ2v) is 7.18. The van der Waals surface area contributed by atoms with Crippen LogP contribution in [-0.4, -0.2) is 17.7 Å². The molecule has 0 spiro atoms. The lowest BCUT2D eigenvalue weighted by molar-refractivity contribution is 0.198. The molecule has 1 saturated carbocycles. The third-order valence-corrected chi connectivity index (χ3v) is 5.70. The molecule has 0 amide bonds. The van der Waals surface area contributed by atoms with E-state index in [4.69, 9.17) is 0 Å². The first-order valence-electron chi connectivity index (χ1n) is 7.91. The van der Waals surface area contributed by atoms with Gasteiger partial charge in [0.15, 0.2) is 0 Å². The first kappa shape index (κ1) is 14.4. The molecule has 1 aliphatic carbocycles. The summed E-state index contributed by atoms with van der Waals surface area (Å²) in [6.07, 6.45) is 7.87. The summed E-state index contributed by atoms with van der Waals surface area (Å²) in [7, 11) is 0. The molecule has 0 unspecified atom stereocenters. The minimum atomic E-state index is -0.415. The fourth-order valence-corrected chi connectivity index (χ4v) is 4.68. The van der Waals surface area contributed by atoms with Crippen molar-refractivity contribution < 1.29 is 5.11 Å². The number of rotatable bonds is 2. The highest BCUT2D eigenvalue weighted by Crippen LogP contribution is 2.39. The number of halogens is 1. The van der Waals surface area contributed by atoms with E-state index in [1.807, 2.05) is 6.92 Å². The van der Waals surface area contributed by atoms with Gasteiger partial charge in [0.2, 0.25) is 0 Å². The van der Waals surface area contributed by atoms with Crippen LogP contribution in [0.15, 0.2) is 22.7 Å². The zero-order valence-electron chi connectivity index (χ0n) is 12.2. The largest absolute Gasteiger partial charge is 0.389 e. The Bertz CT molecular complexity index is 472. The van der Waals surface area contributed by atoms with Crippen molar-refractivity contribution in [3.8, 4) is 0 Å². The average Bonchev–Trinajstić information content (AvgIpc) is 2.46. The predicted molar refractivity (Wildman–Crippen MR) is 87.1 cm³/mol. The van der Waals surface area contributed by atoms with E-state index in [-0.39, 0.29) is 0 Å². The Kier molecular flexibility index (Phi) is 4.37. The highest BCUT2D eigenvalue weighted by molar-refractivity contribution is 9.10. The molecule has 110 valence electrons. The predicted octanol–water partition coefficient (Wildman–Crippen LogP) is 4.66. The average molecular weight is 338 g/mol. The Hall–Kier alpha value is -0.540. The maximum absolute atomic E-state index is 9.75. The van der Waals surface area contributed by atoms with E-state index in [0.717, 1.165) is 22.0 Å². The van der Waals surface area contributed by atoms with Crippen molar-refractivity contribution in [3.05, 3.63) is 28.2 Å². The molecule has 3 atom stereocenters. The summed E-state index contributed by atoms with van der Waals surface area (Å²) in [6, 6.07) is 7.18. The highest BCUT2D eigenvalue weighted by Gasteiger charge is 2.33. The Morgan fingerprint density at radius 1 is 1.20 bits per heavy atom. The van der Waals surface area contributed by atoms with Crippen LogP contribution in [0, 0.1) is 5.92 Å². The fraction of sp³-hybridized carbons (Fsp3) is 0.647. The first-order valence-corrected chi connectivity index (χ1v) is 8.70. The third-order valence-electron chi connectivity index (χ3n) is 5.01. The number of hydrogen-bond donors (Lipinski definition) is 1. The molecule has 1 heterocycles. The minimum absolute atomic E-state index is 0.415. The van der Waals surface area contributed by atoms with Crippen molar-refractivity contribution in [1.82, 2.24) is 0 Å². The molecular formula is C17H24BrNO. The Labute approximate surface area is 130 Å². The van der Waals surface area contributed by atoms with Crippen molar-refractivity contribution in [2.45, 2.75) is 57.6 Å². The van der Waals surface area contributed by atoms with Crippen LogP contribution in [0.2, 0.25) is 0 Å². The minimum Gasteiger partial charge on any atom is -0.389 e. The first-order chi connectivity index (χ1) is 9.66. The molecule has 2 nitrogen and oxygen atoms in total. The summed E-state index contributed by atoms with van der Waals surface area (Å²) < 4.78 is 1.03. The Morgan fingerprint density at radius 3 is 2.70 bits per heavy atom. The standard InChI is InChI=1S/C17H24BrNO/c1-12(20)15-9-8-14(11-16(15)18)19-10-4-6-13-5-2-3-7-17(13)19/h8-9,11-13,17,20H,2-7,10H2,1H3/t12-,13-,17-/m1/s1. The van der Waals surface area contributed by atoms with Gasteiger partial charge in [-0.15, -0.1) is 0 Å². The van der Waals surface area contributed by atoms with Crippen LogP contribution in [-0.2, 0) is 0 Å². The second kappa shape index (κ2) is 6.07. The summed E-state index contributed by atoms with van der Waals surface area (Å²) in [5.41, 5.74) is 2.30. The van der Waals surface area contributed by atoms with E-state index in [9.17, 15) is 5.11 Å². The maximum Gasteiger partial charge on any atom is 0.0772 e. The third kappa shape index (κ3) is 2.75. The molecule has 20 heavy (non-hydrogen) atoms. The topological polar surface area (TPSA) is 23.5 Å². The number of benzene rings is 1. The van der Waals surface area contributed by atoms with Crippen LogP contribution in [0.25, 0.3) is 0 Å². The second-order valence-electron chi connectivity index (χ2n) is 6.33. The molecule has 1 N–H and O–H groups in total. The van der Waals surface area contributed by atoms with Gasteiger partial charge >= 0.3 is 0 Å². The lowest BCUT2D eigenvalue weighted by Gasteiger charge is -2.45. The Balaban J connectivity index is 1.85. The number of piperidine rings is 1. The van der Waals surface area contributed by atoms with E-state index in [1.165, 1.54) is 50.8 Å². The van der Waals surface area contributed by atoms with Crippen LogP contribution >= 0.6 is 15.9 Å². The van der Waals surface area contributed by atoms with Crippen molar-refractivity contribution in [3.63, 3.8) is 0 Å². The van der Waals surface area contributed by atoms with E-state index < -0.39 is 6.10 Å². The van der Waals surface area contributed by atoms with Crippen molar-refractivity contribution in [1.29, 1.82) is 0 Å². The normalized spacial score (nSPS) is 28.1. The summed E-state index contributed by atoms with van der Waals surface area (Å²) in [5, 5.41) is 9.75. The van der Waals surface area contributed by atoms with E-state index in [0.29, 0.717) is 0 Å². The molecule has 1 aromatic rings. The van der Waals surface area contributed by atoms with Gasteiger partial charge in [-0.1, -0.05) is 34.8 Å². The molecule has 2 fully saturated rings. The molecule has 3 heteroatoms. The quantitative estimate of drug-likeness (QED) is 0.848. The molecule has 2 aliphatic rings.